The molecule has 0 amide bonds. The second-order valence-corrected chi connectivity index (χ2v) is 5.44. The predicted molar refractivity (Wildman–Crippen MR) is 80.6 cm³/mol. The second kappa shape index (κ2) is 7.04. The molecule has 4 heteroatoms. The lowest BCUT2D eigenvalue weighted by atomic mass is 10.00. The molecular formula is C16H25FN2O. The van der Waals surface area contributed by atoms with Gasteiger partial charge in [-0.1, -0.05) is 19.9 Å². The Morgan fingerprint density at radius 1 is 1.45 bits per heavy atom. The fourth-order valence-corrected chi connectivity index (χ4v) is 2.74. The van der Waals surface area contributed by atoms with Crippen LogP contribution in [0.15, 0.2) is 18.2 Å². The van der Waals surface area contributed by atoms with Crippen molar-refractivity contribution in [2.75, 3.05) is 24.7 Å². The number of morpholine rings is 1. The van der Waals surface area contributed by atoms with Crippen LogP contribution in [0.4, 0.5) is 10.1 Å². The van der Waals surface area contributed by atoms with Gasteiger partial charge in [-0.15, -0.1) is 0 Å². The summed E-state index contributed by atoms with van der Waals surface area (Å²) in [5.74, 6) is -0.146. The van der Waals surface area contributed by atoms with Crippen molar-refractivity contribution in [3.05, 3.63) is 29.6 Å². The van der Waals surface area contributed by atoms with Gasteiger partial charge in [0.05, 0.1) is 19.3 Å². The molecule has 2 atom stereocenters. The topological polar surface area (TPSA) is 38.5 Å². The van der Waals surface area contributed by atoms with Crippen molar-refractivity contribution in [2.24, 2.45) is 5.73 Å². The van der Waals surface area contributed by atoms with Crippen molar-refractivity contribution in [1.29, 1.82) is 0 Å². The van der Waals surface area contributed by atoms with Crippen molar-refractivity contribution in [1.82, 2.24) is 0 Å². The van der Waals surface area contributed by atoms with Gasteiger partial charge in [-0.05, 0) is 31.4 Å². The van der Waals surface area contributed by atoms with Gasteiger partial charge in [0.15, 0.2) is 0 Å². The van der Waals surface area contributed by atoms with Crippen LogP contribution in [0.2, 0.25) is 0 Å². The zero-order valence-electron chi connectivity index (χ0n) is 12.4. The molecule has 2 N–H and O–H groups in total. The van der Waals surface area contributed by atoms with Gasteiger partial charge in [-0.3, -0.25) is 0 Å². The van der Waals surface area contributed by atoms with E-state index in [4.69, 9.17) is 10.5 Å². The average molecular weight is 280 g/mol. The van der Waals surface area contributed by atoms with Crippen molar-refractivity contribution >= 4 is 5.69 Å². The quantitative estimate of drug-likeness (QED) is 0.901. The molecule has 1 aliphatic heterocycles. The van der Waals surface area contributed by atoms with E-state index in [0.29, 0.717) is 25.7 Å². The Morgan fingerprint density at radius 2 is 2.25 bits per heavy atom. The minimum atomic E-state index is -0.146. The van der Waals surface area contributed by atoms with E-state index >= 15 is 0 Å². The molecule has 2 rings (SSSR count). The molecule has 0 bridgehead atoms. The molecule has 1 aromatic rings. The van der Waals surface area contributed by atoms with Crippen LogP contribution in [0.5, 0.6) is 0 Å². The molecule has 2 unspecified atom stereocenters. The number of nitrogens with two attached hydrogens (primary N) is 1. The fraction of sp³-hybridized carbons (Fsp3) is 0.625. The summed E-state index contributed by atoms with van der Waals surface area (Å²) in [6, 6.07) is 5.65. The van der Waals surface area contributed by atoms with Gasteiger partial charge < -0.3 is 15.4 Å². The molecule has 0 spiro atoms. The van der Waals surface area contributed by atoms with Crippen LogP contribution in [-0.4, -0.2) is 31.8 Å². The molecule has 20 heavy (non-hydrogen) atoms. The average Bonchev–Trinajstić information content (AvgIpc) is 2.49. The smallest absolute Gasteiger partial charge is 0.128 e. The van der Waals surface area contributed by atoms with Crippen LogP contribution in [0, 0.1) is 5.82 Å². The van der Waals surface area contributed by atoms with E-state index < -0.39 is 0 Å². The van der Waals surface area contributed by atoms with E-state index in [2.05, 4.69) is 11.8 Å². The second-order valence-electron chi connectivity index (χ2n) is 5.44. The SMILES string of the molecule is CCC(N)Cc1c(F)cccc1N1CCOCC1CC. The lowest BCUT2D eigenvalue weighted by molar-refractivity contribution is 0.0928. The molecule has 0 aromatic heterocycles. The van der Waals surface area contributed by atoms with Gasteiger partial charge in [0.25, 0.3) is 0 Å². The van der Waals surface area contributed by atoms with Gasteiger partial charge in [-0.25, -0.2) is 4.39 Å². The summed E-state index contributed by atoms with van der Waals surface area (Å²) in [5, 5.41) is 0. The van der Waals surface area contributed by atoms with Crippen LogP contribution in [0.1, 0.15) is 32.3 Å². The molecule has 0 saturated carbocycles. The van der Waals surface area contributed by atoms with Gasteiger partial charge in [-0.2, -0.15) is 0 Å². The van der Waals surface area contributed by atoms with Crippen molar-refractivity contribution in [3.8, 4) is 0 Å². The van der Waals surface area contributed by atoms with Gasteiger partial charge in [0.1, 0.15) is 5.82 Å². The molecule has 1 heterocycles. The van der Waals surface area contributed by atoms with Crippen molar-refractivity contribution in [2.45, 2.75) is 45.2 Å². The minimum Gasteiger partial charge on any atom is -0.377 e. The zero-order chi connectivity index (χ0) is 14.5. The first-order chi connectivity index (χ1) is 9.67. The maximum atomic E-state index is 14.2. The third-order valence-corrected chi connectivity index (χ3v) is 4.09. The Morgan fingerprint density at radius 3 is 2.95 bits per heavy atom. The molecule has 1 aromatic carbocycles. The van der Waals surface area contributed by atoms with Crippen LogP contribution >= 0.6 is 0 Å². The molecule has 3 nitrogen and oxygen atoms in total. The summed E-state index contributed by atoms with van der Waals surface area (Å²) >= 11 is 0. The highest BCUT2D eigenvalue weighted by Crippen LogP contribution is 2.28. The maximum Gasteiger partial charge on any atom is 0.128 e. The normalized spacial score (nSPS) is 21.0. The van der Waals surface area contributed by atoms with Crippen molar-refractivity contribution in [3.63, 3.8) is 0 Å². The van der Waals surface area contributed by atoms with E-state index in [1.807, 2.05) is 13.0 Å². The van der Waals surface area contributed by atoms with E-state index in [1.165, 1.54) is 6.07 Å². The molecule has 1 fully saturated rings. The highest BCUT2D eigenvalue weighted by molar-refractivity contribution is 5.55. The lowest BCUT2D eigenvalue weighted by Crippen LogP contribution is -2.45. The molecule has 0 aliphatic carbocycles. The number of hydrogen-bond acceptors (Lipinski definition) is 3. The van der Waals surface area contributed by atoms with E-state index in [1.54, 1.807) is 6.07 Å². The third kappa shape index (κ3) is 3.30. The predicted octanol–water partition coefficient (Wildman–Crippen LogP) is 2.72. The summed E-state index contributed by atoms with van der Waals surface area (Å²) in [4.78, 5) is 2.28. The van der Waals surface area contributed by atoms with Gasteiger partial charge >= 0.3 is 0 Å². The minimum absolute atomic E-state index is 0.00627. The molecule has 0 radical (unpaired) electrons. The summed E-state index contributed by atoms with van der Waals surface area (Å²) in [6.07, 6.45) is 2.44. The largest absolute Gasteiger partial charge is 0.377 e. The molecule has 1 aliphatic rings. The zero-order valence-corrected chi connectivity index (χ0v) is 12.4. The van der Waals surface area contributed by atoms with Crippen LogP contribution in [0.25, 0.3) is 0 Å². The van der Waals surface area contributed by atoms with Gasteiger partial charge in [0, 0.05) is 23.8 Å². The summed E-state index contributed by atoms with van der Waals surface area (Å²) in [7, 11) is 0. The Labute approximate surface area is 120 Å². The van der Waals surface area contributed by atoms with E-state index in [0.717, 1.165) is 30.6 Å². The first-order valence-electron chi connectivity index (χ1n) is 7.54. The highest BCUT2D eigenvalue weighted by Gasteiger charge is 2.25. The van der Waals surface area contributed by atoms with Gasteiger partial charge in [0.2, 0.25) is 0 Å². The number of hydrogen-bond donors (Lipinski definition) is 1. The number of benzene rings is 1. The Bertz CT molecular complexity index is 438. The summed E-state index contributed by atoms with van der Waals surface area (Å²) in [5.41, 5.74) is 7.77. The standard InChI is InChI=1S/C16H25FN2O/c1-3-12(18)10-14-15(17)6-5-7-16(14)19-8-9-20-11-13(19)4-2/h5-7,12-13H,3-4,8-11,18H2,1-2H3. The Balaban J connectivity index is 2.31. The monoisotopic (exact) mass is 280 g/mol. The summed E-state index contributed by atoms with van der Waals surface area (Å²) in [6.45, 7) is 6.41. The number of anilines is 1. The Kier molecular flexibility index (Phi) is 5.38. The fourth-order valence-electron chi connectivity index (χ4n) is 2.74. The maximum absolute atomic E-state index is 14.2. The number of nitrogens with zero attached hydrogens (tertiary/aromatic N) is 1. The molecule has 1 saturated heterocycles. The van der Waals surface area contributed by atoms with E-state index in [-0.39, 0.29) is 11.9 Å². The number of ether oxygens (including phenoxy) is 1. The lowest BCUT2D eigenvalue weighted by Gasteiger charge is -2.38. The number of halogens is 1. The van der Waals surface area contributed by atoms with Crippen LogP contribution in [0.3, 0.4) is 0 Å². The van der Waals surface area contributed by atoms with Crippen molar-refractivity contribution < 1.29 is 9.13 Å². The van der Waals surface area contributed by atoms with E-state index in [9.17, 15) is 4.39 Å². The molecule has 112 valence electrons. The number of rotatable bonds is 5. The first-order valence-corrected chi connectivity index (χ1v) is 7.54. The summed E-state index contributed by atoms with van der Waals surface area (Å²) < 4.78 is 19.8. The highest BCUT2D eigenvalue weighted by atomic mass is 19.1. The third-order valence-electron chi connectivity index (χ3n) is 4.09. The molecular weight excluding hydrogens is 255 g/mol. The Hall–Kier alpha value is -1.13. The first kappa shape index (κ1) is 15.3. The van der Waals surface area contributed by atoms with Crippen LogP contribution < -0.4 is 10.6 Å². The van der Waals surface area contributed by atoms with Crippen LogP contribution in [-0.2, 0) is 11.2 Å².